The van der Waals surface area contributed by atoms with Crippen molar-refractivity contribution in [3.05, 3.63) is 29.3 Å². The van der Waals surface area contributed by atoms with E-state index in [1.807, 2.05) is 4.90 Å². The Balaban J connectivity index is 1.55. The maximum atomic E-state index is 12.5. The number of nitrogens with one attached hydrogen (secondary N) is 1. The van der Waals surface area contributed by atoms with Crippen LogP contribution in [0.25, 0.3) is 0 Å². The van der Waals surface area contributed by atoms with Crippen molar-refractivity contribution in [3.8, 4) is 0 Å². The average Bonchev–Trinajstić information content (AvgIpc) is 2.59. The van der Waals surface area contributed by atoms with E-state index < -0.39 is 0 Å². The second kappa shape index (κ2) is 7.55. The number of benzene rings is 1. The van der Waals surface area contributed by atoms with Crippen molar-refractivity contribution in [1.29, 1.82) is 0 Å². The monoisotopic (exact) mass is 335 g/mol. The molecular weight excluding hydrogens is 310 g/mol. The third-order valence-corrected chi connectivity index (χ3v) is 5.42. The maximum absolute atomic E-state index is 12.5. The van der Waals surface area contributed by atoms with Gasteiger partial charge in [0.2, 0.25) is 0 Å². The molecule has 6 heteroatoms. The number of rotatable bonds is 3. The van der Waals surface area contributed by atoms with E-state index in [4.69, 9.17) is 4.74 Å². The molecule has 1 aromatic carbocycles. The van der Waals surface area contributed by atoms with E-state index in [-0.39, 0.29) is 6.03 Å². The summed E-state index contributed by atoms with van der Waals surface area (Å²) in [5.74, 6) is 0. The summed E-state index contributed by atoms with van der Waals surface area (Å²) in [5, 5.41) is 3.07. The fourth-order valence-electron chi connectivity index (χ4n) is 3.21. The lowest BCUT2D eigenvalue weighted by molar-refractivity contribution is -0.0365. The fraction of sp³-hybridized carbons (Fsp3) is 0.588. The number of amides is 2. The molecule has 2 saturated heterocycles. The van der Waals surface area contributed by atoms with Crippen molar-refractivity contribution >= 4 is 17.8 Å². The summed E-state index contributed by atoms with van der Waals surface area (Å²) >= 11 is 1.72. The number of fused-ring (bicyclic) bond motifs is 1. The smallest absolute Gasteiger partial charge is 0.317 e. The summed E-state index contributed by atoms with van der Waals surface area (Å²) in [7, 11) is 0. The quantitative estimate of drug-likeness (QED) is 0.858. The Kier molecular flexibility index (Phi) is 5.46. The van der Waals surface area contributed by atoms with Gasteiger partial charge < -0.3 is 15.0 Å². The predicted octanol–water partition coefficient (Wildman–Crippen LogP) is 1.94. The Bertz CT molecular complexity index is 567. The van der Waals surface area contributed by atoms with Crippen LogP contribution in [0.2, 0.25) is 0 Å². The lowest BCUT2D eigenvalue weighted by atomic mass is 10.1. The minimum atomic E-state index is 0.0304. The normalized spacial score (nSPS) is 21.8. The number of hydrogen-bond donors (Lipinski definition) is 1. The van der Waals surface area contributed by atoms with E-state index in [0.717, 1.165) is 39.4 Å². The van der Waals surface area contributed by atoms with Crippen molar-refractivity contribution in [3.63, 3.8) is 0 Å². The number of carbonyl (C=O) groups excluding carboxylic acids is 1. The molecule has 2 aliphatic heterocycles. The second-order valence-corrected chi connectivity index (χ2v) is 7.03. The van der Waals surface area contributed by atoms with Gasteiger partial charge in [-0.15, -0.1) is 11.8 Å². The van der Waals surface area contributed by atoms with Crippen LogP contribution >= 0.6 is 11.8 Å². The molecule has 1 aromatic rings. The Morgan fingerprint density at radius 3 is 3.09 bits per heavy atom. The first-order chi connectivity index (χ1) is 11.2. The molecule has 0 radical (unpaired) electrons. The Morgan fingerprint density at radius 2 is 2.26 bits per heavy atom. The molecule has 2 fully saturated rings. The van der Waals surface area contributed by atoms with Gasteiger partial charge in [-0.05, 0) is 30.4 Å². The standard InChI is InChI=1S/C17H25N3O2S/c1-13-3-4-14(16(9-13)23-2)10-18-17(21)20-6-5-19-7-8-22-12-15(19)11-20/h3-4,9,15H,5-8,10-12H2,1-2H3,(H,18,21)/t15-/m1/s1. The van der Waals surface area contributed by atoms with Gasteiger partial charge in [-0.3, -0.25) is 4.90 Å². The number of ether oxygens (including phenoxy) is 1. The first-order valence-corrected chi connectivity index (χ1v) is 9.38. The SMILES string of the molecule is CSc1cc(C)ccc1CNC(=O)N1CCN2CCOC[C@H]2C1. The van der Waals surface area contributed by atoms with E-state index in [1.165, 1.54) is 16.0 Å². The summed E-state index contributed by atoms with van der Waals surface area (Å²) in [5.41, 5.74) is 2.42. The largest absolute Gasteiger partial charge is 0.378 e. The number of nitrogens with zero attached hydrogens (tertiary/aromatic N) is 2. The van der Waals surface area contributed by atoms with Crippen LogP contribution in [0.15, 0.2) is 23.1 Å². The Hall–Kier alpha value is -1.24. The number of urea groups is 1. The minimum absolute atomic E-state index is 0.0304. The molecule has 0 unspecified atom stereocenters. The third-order valence-electron chi connectivity index (χ3n) is 4.60. The number of aryl methyl sites for hydroxylation is 1. The van der Waals surface area contributed by atoms with Crippen LogP contribution < -0.4 is 5.32 Å². The van der Waals surface area contributed by atoms with Crippen LogP contribution in [0.5, 0.6) is 0 Å². The highest BCUT2D eigenvalue weighted by molar-refractivity contribution is 7.98. The highest BCUT2D eigenvalue weighted by Crippen LogP contribution is 2.22. The highest BCUT2D eigenvalue weighted by atomic mass is 32.2. The van der Waals surface area contributed by atoms with Crippen molar-refractivity contribution in [2.45, 2.75) is 24.4 Å². The maximum Gasteiger partial charge on any atom is 0.317 e. The predicted molar refractivity (Wildman–Crippen MR) is 92.9 cm³/mol. The minimum Gasteiger partial charge on any atom is -0.378 e. The van der Waals surface area contributed by atoms with Gasteiger partial charge in [-0.1, -0.05) is 12.1 Å². The first-order valence-electron chi connectivity index (χ1n) is 8.15. The van der Waals surface area contributed by atoms with Gasteiger partial charge >= 0.3 is 6.03 Å². The van der Waals surface area contributed by atoms with Gasteiger partial charge in [0.1, 0.15) is 0 Å². The summed E-state index contributed by atoms with van der Waals surface area (Å²) in [6.07, 6.45) is 2.07. The van der Waals surface area contributed by atoms with E-state index in [9.17, 15) is 4.79 Å². The number of hydrogen-bond acceptors (Lipinski definition) is 4. The number of piperazine rings is 1. The zero-order valence-corrected chi connectivity index (χ0v) is 14.7. The van der Waals surface area contributed by atoms with E-state index in [1.54, 1.807) is 11.8 Å². The van der Waals surface area contributed by atoms with Crippen molar-refractivity contribution in [2.75, 3.05) is 45.6 Å². The van der Waals surface area contributed by atoms with Crippen LogP contribution in [0, 0.1) is 6.92 Å². The molecule has 1 atom stereocenters. The number of carbonyl (C=O) groups is 1. The van der Waals surface area contributed by atoms with Crippen LogP contribution in [0.1, 0.15) is 11.1 Å². The van der Waals surface area contributed by atoms with E-state index >= 15 is 0 Å². The summed E-state index contributed by atoms with van der Waals surface area (Å²) in [6, 6.07) is 6.75. The molecule has 0 bridgehead atoms. The molecule has 2 aliphatic rings. The lowest BCUT2D eigenvalue weighted by Gasteiger charge is -2.43. The molecule has 126 valence electrons. The topological polar surface area (TPSA) is 44.8 Å². The average molecular weight is 335 g/mol. The molecule has 5 nitrogen and oxygen atoms in total. The summed E-state index contributed by atoms with van der Waals surface area (Å²) < 4.78 is 5.53. The van der Waals surface area contributed by atoms with Crippen LogP contribution in [0.4, 0.5) is 4.79 Å². The summed E-state index contributed by atoms with van der Waals surface area (Å²) in [6.45, 7) is 7.71. The second-order valence-electron chi connectivity index (χ2n) is 6.18. The molecule has 0 aliphatic carbocycles. The van der Waals surface area contributed by atoms with Crippen LogP contribution in [0.3, 0.4) is 0 Å². The van der Waals surface area contributed by atoms with Gasteiger partial charge in [-0.2, -0.15) is 0 Å². The Labute approximate surface area is 142 Å². The van der Waals surface area contributed by atoms with Crippen molar-refractivity contribution < 1.29 is 9.53 Å². The number of thioether (sulfide) groups is 1. The van der Waals surface area contributed by atoms with Gasteiger partial charge in [0, 0.05) is 37.6 Å². The fourth-order valence-corrected chi connectivity index (χ4v) is 3.92. The van der Waals surface area contributed by atoms with Gasteiger partial charge in [0.05, 0.1) is 19.3 Å². The first kappa shape index (κ1) is 16.6. The van der Waals surface area contributed by atoms with Crippen LogP contribution in [-0.4, -0.2) is 67.5 Å². The van der Waals surface area contributed by atoms with Crippen molar-refractivity contribution in [1.82, 2.24) is 15.1 Å². The molecule has 3 rings (SSSR count). The lowest BCUT2D eigenvalue weighted by Crippen LogP contribution is -2.60. The molecule has 1 N–H and O–H groups in total. The summed E-state index contributed by atoms with van der Waals surface area (Å²) in [4.78, 5) is 18.0. The molecular formula is C17H25N3O2S. The molecule has 2 amide bonds. The third kappa shape index (κ3) is 4.00. The van der Waals surface area contributed by atoms with E-state index in [0.29, 0.717) is 12.6 Å². The molecule has 23 heavy (non-hydrogen) atoms. The zero-order chi connectivity index (χ0) is 16.2. The van der Waals surface area contributed by atoms with Crippen LogP contribution in [-0.2, 0) is 11.3 Å². The van der Waals surface area contributed by atoms with E-state index in [2.05, 4.69) is 41.6 Å². The highest BCUT2D eigenvalue weighted by Gasteiger charge is 2.31. The molecule has 0 spiro atoms. The zero-order valence-electron chi connectivity index (χ0n) is 13.9. The van der Waals surface area contributed by atoms with Gasteiger partial charge in [-0.25, -0.2) is 4.79 Å². The molecule has 0 saturated carbocycles. The molecule has 0 aromatic heterocycles. The molecule has 2 heterocycles. The van der Waals surface area contributed by atoms with Gasteiger partial charge in [0.25, 0.3) is 0 Å². The van der Waals surface area contributed by atoms with Crippen molar-refractivity contribution in [2.24, 2.45) is 0 Å². The Morgan fingerprint density at radius 1 is 1.39 bits per heavy atom. The van der Waals surface area contributed by atoms with Gasteiger partial charge in [0.15, 0.2) is 0 Å². The number of morpholine rings is 1.